The van der Waals surface area contributed by atoms with E-state index in [9.17, 15) is 10.1 Å². The fourth-order valence-electron chi connectivity index (χ4n) is 5.74. The zero-order valence-corrected chi connectivity index (χ0v) is 18.9. The molecule has 0 spiro atoms. The summed E-state index contributed by atoms with van der Waals surface area (Å²) in [6, 6.07) is 5.63. The molecule has 1 heterocycles. The highest BCUT2D eigenvalue weighted by molar-refractivity contribution is 5.79. The van der Waals surface area contributed by atoms with Gasteiger partial charge >= 0.3 is 0 Å². The molecule has 1 saturated heterocycles. The van der Waals surface area contributed by atoms with Crippen molar-refractivity contribution >= 4 is 16.9 Å². The summed E-state index contributed by atoms with van der Waals surface area (Å²) in [7, 11) is 0. The third-order valence-electron chi connectivity index (χ3n) is 6.59. The van der Waals surface area contributed by atoms with Gasteiger partial charge in [0.1, 0.15) is 5.69 Å². The van der Waals surface area contributed by atoms with Crippen LogP contribution < -0.4 is 9.80 Å². The van der Waals surface area contributed by atoms with Gasteiger partial charge in [0, 0.05) is 36.9 Å². The summed E-state index contributed by atoms with van der Waals surface area (Å²) in [6.07, 6.45) is 6.83. The van der Waals surface area contributed by atoms with Gasteiger partial charge < -0.3 is 5.32 Å². The number of quaternary nitrogens is 1. The van der Waals surface area contributed by atoms with E-state index in [0.29, 0.717) is 0 Å². The number of benzene rings is 1. The summed E-state index contributed by atoms with van der Waals surface area (Å²) in [6.45, 7) is 16.7. The summed E-state index contributed by atoms with van der Waals surface area (Å²) in [5.74, 6) is 0. The number of piperazine rings is 1. The lowest BCUT2D eigenvalue weighted by Crippen LogP contribution is -2.60. The van der Waals surface area contributed by atoms with Gasteiger partial charge in [-0.3, -0.25) is 14.6 Å². The van der Waals surface area contributed by atoms with Crippen LogP contribution in [-0.4, -0.2) is 37.6 Å². The fraction of sp³-hybridized carbons (Fsp3) is 0.667. The SMILES string of the molecule is CCCC[N+]1(c2ccc([N+](=O)[O-])cc2C2=CC(C)(C)CC(C)(C)C2)CCNCC1. The van der Waals surface area contributed by atoms with E-state index in [4.69, 9.17) is 0 Å². The molecule has 1 aliphatic carbocycles. The van der Waals surface area contributed by atoms with Crippen LogP contribution in [0.2, 0.25) is 0 Å². The zero-order chi connectivity index (χ0) is 21.3. The van der Waals surface area contributed by atoms with Gasteiger partial charge in [-0.15, -0.1) is 0 Å². The molecule has 0 unspecified atom stereocenters. The Morgan fingerprint density at radius 1 is 1.17 bits per heavy atom. The van der Waals surface area contributed by atoms with Gasteiger partial charge in [0.25, 0.3) is 5.69 Å². The molecule has 1 aromatic rings. The zero-order valence-electron chi connectivity index (χ0n) is 18.9. The number of hydrogen-bond donors (Lipinski definition) is 1. The minimum Gasteiger partial charge on any atom is -0.306 e. The third kappa shape index (κ3) is 4.89. The maximum absolute atomic E-state index is 11.6. The molecule has 0 amide bonds. The number of unbranched alkanes of at least 4 members (excludes halogenated alkanes) is 1. The maximum atomic E-state index is 11.6. The van der Waals surface area contributed by atoms with Gasteiger partial charge in [-0.05, 0) is 35.7 Å². The van der Waals surface area contributed by atoms with Gasteiger partial charge in [0.05, 0.1) is 24.6 Å². The highest BCUT2D eigenvalue weighted by atomic mass is 16.6. The molecule has 0 atom stereocenters. The largest absolute Gasteiger partial charge is 0.306 e. The molecule has 1 fully saturated rings. The van der Waals surface area contributed by atoms with Crippen molar-refractivity contribution in [3.05, 3.63) is 40.0 Å². The molecule has 3 rings (SSSR count). The van der Waals surface area contributed by atoms with Crippen molar-refractivity contribution in [2.24, 2.45) is 10.8 Å². The lowest BCUT2D eigenvalue weighted by Gasteiger charge is -2.44. The van der Waals surface area contributed by atoms with E-state index in [1.807, 2.05) is 6.07 Å². The van der Waals surface area contributed by atoms with E-state index < -0.39 is 0 Å². The first-order chi connectivity index (χ1) is 13.6. The second-order valence-electron chi connectivity index (χ2n) is 10.6. The molecule has 5 nitrogen and oxygen atoms in total. The summed E-state index contributed by atoms with van der Waals surface area (Å²) in [5.41, 5.74) is 4.17. The quantitative estimate of drug-likeness (QED) is 0.388. The lowest BCUT2D eigenvalue weighted by atomic mass is 9.65. The normalized spacial score (nSPS) is 22.7. The highest BCUT2D eigenvalue weighted by Gasteiger charge is 2.39. The Bertz CT molecular complexity index is 789. The van der Waals surface area contributed by atoms with E-state index in [1.54, 1.807) is 6.07 Å². The highest BCUT2D eigenvalue weighted by Crippen LogP contribution is 2.50. The van der Waals surface area contributed by atoms with Crippen molar-refractivity contribution in [3.8, 4) is 0 Å². The number of non-ortho nitro benzene ring substituents is 1. The van der Waals surface area contributed by atoms with Crippen LogP contribution in [0.15, 0.2) is 24.3 Å². The molecule has 5 heteroatoms. The van der Waals surface area contributed by atoms with Crippen LogP contribution in [0.3, 0.4) is 0 Å². The average molecular weight is 401 g/mol. The molecule has 1 aliphatic heterocycles. The predicted molar refractivity (Wildman–Crippen MR) is 122 cm³/mol. The summed E-state index contributed by atoms with van der Waals surface area (Å²) in [5, 5.41) is 15.1. The van der Waals surface area contributed by atoms with Crippen molar-refractivity contribution in [2.45, 2.75) is 60.3 Å². The number of hydrogen-bond acceptors (Lipinski definition) is 3. The first-order valence-electron chi connectivity index (χ1n) is 11.2. The van der Waals surface area contributed by atoms with Crippen LogP contribution in [0, 0.1) is 20.9 Å². The molecular weight excluding hydrogens is 362 g/mol. The number of nitrogens with zero attached hydrogens (tertiary/aromatic N) is 2. The average Bonchev–Trinajstić information content (AvgIpc) is 2.64. The number of allylic oxidation sites excluding steroid dienone is 2. The van der Waals surface area contributed by atoms with Gasteiger partial charge in [0.2, 0.25) is 0 Å². The second kappa shape index (κ2) is 8.19. The molecule has 0 radical (unpaired) electrons. The smallest absolute Gasteiger partial charge is 0.270 e. The van der Waals surface area contributed by atoms with Crippen LogP contribution >= 0.6 is 0 Å². The van der Waals surface area contributed by atoms with Crippen LogP contribution in [0.25, 0.3) is 5.57 Å². The van der Waals surface area contributed by atoms with Crippen LogP contribution in [0.1, 0.15) is 65.9 Å². The van der Waals surface area contributed by atoms with Crippen molar-refractivity contribution < 1.29 is 4.92 Å². The predicted octanol–water partition coefficient (Wildman–Crippen LogP) is 5.54. The van der Waals surface area contributed by atoms with E-state index in [0.717, 1.165) is 55.6 Å². The molecule has 2 aliphatic rings. The standard InChI is InChI=1S/C24H38N3O2/c1-6-7-12-27(13-10-25-11-14-27)22-9-8-20(26(28)29)15-21(22)19-16-23(2,3)18-24(4,5)17-19/h8-9,15-16,25H,6-7,10-14,17-18H2,1-5H3/q+1. The van der Waals surface area contributed by atoms with Gasteiger partial charge in [-0.25, -0.2) is 0 Å². The Morgan fingerprint density at radius 3 is 2.45 bits per heavy atom. The topological polar surface area (TPSA) is 55.2 Å². The number of rotatable bonds is 6. The van der Waals surface area contributed by atoms with E-state index in [-0.39, 0.29) is 21.4 Å². The lowest BCUT2D eigenvalue weighted by molar-refractivity contribution is -0.384. The van der Waals surface area contributed by atoms with Gasteiger partial charge in [-0.2, -0.15) is 0 Å². The Balaban J connectivity index is 2.17. The van der Waals surface area contributed by atoms with Gasteiger partial charge in [-0.1, -0.05) is 47.1 Å². The van der Waals surface area contributed by atoms with Gasteiger partial charge in [0.15, 0.2) is 0 Å². The first-order valence-corrected chi connectivity index (χ1v) is 11.2. The molecule has 0 saturated carbocycles. The van der Waals surface area contributed by atoms with Crippen molar-refractivity contribution in [2.75, 3.05) is 32.7 Å². The molecular formula is C24H38N3O2+. The van der Waals surface area contributed by atoms with E-state index in [1.165, 1.54) is 24.1 Å². The molecule has 0 bridgehead atoms. The summed E-state index contributed by atoms with van der Waals surface area (Å²) in [4.78, 5) is 11.4. The Kier molecular flexibility index (Phi) is 6.21. The third-order valence-corrected chi connectivity index (χ3v) is 6.59. The van der Waals surface area contributed by atoms with Crippen LogP contribution in [0.4, 0.5) is 11.4 Å². The van der Waals surface area contributed by atoms with Crippen LogP contribution in [-0.2, 0) is 0 Å². The Hall–Kier alpha value is -1.72. The summed E-state index contributed by atoms with van der Waals surface area (Å²) >= 11 is 0. The first kappa shape index (κ1) is 22.0. The minimum absolute atomic E-state index is 0.0939. The van der Waals surface area contributed by atoms with Crippen molar-refractivity contribution in [1.29, 1.82) is 0 Å². The Morgan fingerprint density at radius 2 is 1.86 bits per heavy atom. The monoisotopic (exact) mass is 400 g/mol. The van der Waals surface area contributed by atoms with E-state index in [2.05, 4.69) is 52.1 Å². The number of nitrogens with one attached hydrogen (secondary N) is 1. The number of nitro benzene ring substituents is 1. The van der Waals surface area contributed by atoms with Crippen molar-refractivity contribution in [3.63, 3.8) is 0 Å². The molecule has 1 aromatic carbocycles. The maximum Gasteiger partial charge on any atom is 0.270 e. The summed E-state index contributed by atoms with van der Waals surface area (Å²) < 4.78 is 0.937. The minimum atomic E-state index is -0.249. The number of nitro groups is 1. The molecule has 160 valence electrons. The second-order valence-corrected chi connectivity index (χ2v) is 10.6. The molecule has 1 N–H and O–H groups in total. The fourth-order valence-corrected chi connectivity index (χ4v) is 5.74. The van der Waals surface area contributed by atoms with Crippen molar-refractivity contribution in [1.82, 2.24) is 9.80 Å². The Labute approximate surface area is 175 Å². The van der Waals surface area contributed by atoms with Crippen LogP contribution in [0.5, 0.6) is 0 Å². The van der Waals surface area contributed by atoms with E-state index >= 15 is 0 Å². The molecule has 29 heavy (non-hydrogen) atoms. The molecule has 0 aromatic heterocycles.